The van der Waals surface area contributed by atoms with Crippen LogP contribution < -0.4 is 22.1 Å². The first kappa shape index (κ1) is 21.6. The standard InChI is InChI=1S/C23H24F2N6O/c24-16-6-2-1-5-14(16)20-11-13(9-10-28-20)29-22-15(21(27)32)12-17(25)23(31-22)30-19-8-4-3-7-18(19)26/h1-2,5-6,9-12,18-19H,3-4,7-8,26H2,(H2,27,32)(H2,28,29,30,31). The second kappa shape index (κ2) is 9.27. The fourth-order valence-corrected chi connectivity index (χ4v) is 3.85. The fourth-order valence-electron chi connectivity index (χ4n) is 3.85. The van der Waals surface area contributed by atoms with Gasteiger partial charge >= 0.3 is 0 Å². The van der Waals surface area contributed by atoms with Gasteiger partial charge in [-0.25, -0.2) is 13.8 Å². The summed E-state index contributed by atoms with van der Waals surface area (Å²) in [5.41, 5.74) is 12.7. The summed E-state index contributed by atoms with van der Waals surface area (Å²) in [5.74, 6) is -1.86. The van der Waals surface area contributed by atoms with Crippen LogP contribution in [0.3, 0.4) is 0 Å². The van der Waals surface area contributed by atoms with Crippen molar-refractivity contribution in [2.75, 3.05) is 10.6 Å². The minimum absolute atomic E-state index is 0.0109. The van der Waals surface area contributed by atoms with Crippen LogP contribution in [0.15, 0.2) is 48.7 Å². The topological polar surface area (TPSA) is 119 Å². The van der Waals surface area contributed by atoms with Crippen molar-refractivity contribution >= 4 is 23.2 Å². The van der Waals surface area contributed by atoms with Gasteiger partial charge in [0.15, 0.2) is 11.6 Å². The fraction of sp³-hybridized carbons (Fsp3) is 0.261. The average molecular weight is 438 g/mol. The van der Waals surface area contributed by atoms with E-state index < -0.39 is 17.5 Å². The largest absolute Gasteiger partial charge is 0.365 e. The number of carbonyl (C=O) groups is 1. The number of pyridine rings is 2. The molecule has 1 aliphatic carbocycles. The van der Waals surface area contributed by atoms with Crippen molar-refractivity contribution in [3.05, 3.63) is 65.9 Å². The van der Waals surface area contributed by atoms with Crippen molar-refractivity contribution in [1.29, 1.82) is 0 Å². The van der Waals surface area contributed by atoms with Crippen molar-refractivity contribution in [3.8, 4) is 11.3 Å². The van der Waals surface area contributed by atoms with E-state index in [2.05, 4.69) is 20.6 Å². The van der Waals surface area contributed by atoms with Crippen molar-refractivity contribution < 1.29 is 13.6 Å². The number of hydrogen-bond donors (Lipinski definition) is 4. The summed E-state index contributed by atoms with van der Waals surface area (Å²) in [6.07, 6.45) is 5.18. The number of nitrogens with zero attached hydrogens (tertiary/aromatic N) is 2. The highest BCUT2D eigenvalue weighted by atomic mass is 19.1. The molecule has 32 heavy (non-hydrogen) atoms. The predicted octanol–water partition coefficient (Wildman–Crippen LogP) is 3.95. The number of benzene rings is 1. The molecule has 0 aliphatic heterocycles. The molecular formula is C23H24F2N6O. The molecule has 2 heterocycles. The first-order chi connectivity index (χ1) is 15.4. The number of amides is 1. The molecule has 0 saturated heterocycles. The van der Waals surface area contributed by atoms with Gasteiger partial charge in [0.1, 0.15) is 11.6 Å². The Bertz CT molecular complexity index is 1140. The summed E-state index contributed by atoms with van der Waals surface area (Å²) in [6.45, 7) is 0. The molecule has 1 amide bonds. The van der Waals surface area contributed by atoms with Crippen LogP contribution in [0, 0.1) is 11.6 Å². The van der Waals surface area contributed by atoms with E-state index in [9.17, 15) is 13.6 Å². The van der Waals surface area contributed by atoms with Crippen molar-refractivity contribution in [1.82, 2.24) is 9.97 Å². The minimum Gasteiger partial charge on any atom is -0.365 e. The number of halogens is 2. The second-order valence-electron chi connectivity index (χ2n) is 7.81. The van der Waals surface area contributed by atoms with E-state index in [0.717, 1.165) is 31.7 Å². The summed E-state index contributed by atoms with van der Waals surface area (Å²) >= 11 is 0. The lowest BCUT2D eigenvalue weighted by molar-refractivity contribution is 0.100. The van der Waals surface area contributed by atoms with Gasteiger partial charge in [0.25, 0.3) is 5.91 Å². The van der Waals surface area contributed by atoms with Gasteiger partial charge in [0.2, 0.25) is 0 Å². The van der Waals surface area contributed by atoms with E-state index in [4.69, 9.17) is 11.5 Å². The lowest BCUT2D eigenvalue weighted by atomic mass is 9.91. The molecule has 1 saturated carbocycles. The molecular weight excluding hydrogens is 414 g/mol. The highest BCUT2D eigenvalue weighted by Gasteiger charge is 2.24. The molecule has 3 aromatic rings. The summed E-state index contributed by atoms with van der Waals surface area (Å²) in [4.78, 5) is 20.4. The van der Waals surface area contributed by atoms with E-state index in [-0.39, 0.29) is 29.3 Å². The molecule has 7 nitrogen and oxygen atoms in total. The van der Waals surface area contributed by atoms with Crippen LogP contribution in [0.2, 0.25) is 0 Å². The van der Waals surface area contributed by atoms with E-state index in [1.54, 1.807) is 30.3 Å². The summed E-state index contributed by atoms with van der Waals surface area (Å²) < 4.78 is 28.8. The van der Waals surface area contributed by atoms with Gasteiger partial charge in [-0.1, -0.05) is 25.0 Å². The van der Waals surface area contributed by atoms with Crippen LogP contribution in [-0.4, -0.2) is 28.0 Å². The number of primary amides is 1. The molecule has 9 heteroatoms. The Morgan fingerprint density at radius 2 is 1.81 bits per heavy atom. The molecule has 0 bridgehead atoms. The number of anilines is 3. The third-order valence-corrected chi connectivity index (χ3v) is 5.56. The van der Waals surface area contributed by atoms with Crippen LogP contribution >= 0.6 is 0 Å². The second-order valence-corrected chi connectivity index (χ2v) is 7.81. The molecule has 2 unspecified atom stereocenters. The summed E-state index contributed by atoms with van der Waals surface area (Å²) in [7, 11) is 0. The normalized spacial score (nSPS) is 18.2. The quantitative estimate of drug-likeness (QED) is 0.463. The van der Waals surface area contributed by atoms with Crippen LogP contribution in [0.5, 0.6) is 0 Å². The number of aromatic nitrogens is 2. The van der Waals surface area contributed by atoms with Crippen LogP contribution in [0.25, 0.3) is 11.3 Å². The number of nitrogens with one attached hydrogen (secondary N) is 2. The third kappa shape index (κ3) is 4.67. The lowest BCUT2D eigenvalue weighted by Crippen LogP contribution is -2.43. The van der Waals surface area contributed by atoms with Gasteiger partial charge in [0, 0.05) is 29.5 Å². The molecule has 1 fully saturated rings. The van der Waals surface area contributed by atoms with Crippen LogP contribution in [0.4, 0.5) is 26.1 Å². The molecule has 6 N–H and O–H groups in total. The highest BCUT2D eigenvalue weighted by Crippen LogP contribution is 2.28. The van der Waals surface area contributed by atoms with Crippen molar-refractivity contribution in [2.45, 2.75) is 37.8 Å². The molecule has 2 atom stereocenters. The van der Waals surface area contributed by atoms with Crippen molar-refractivity contribution in [3.63, 3.8) is 0 Å². The smallest absolute Gasteiger partial charge is 0.252 e. The van der Waals surface area contributed by atoms with E-state index in [1.807, 2.05) is 0 Å². The number of nitrogens with two attached hydrogens (primary N) is 2. The Balaban J connectivity index is 1.66. The maximum atomic E-state index is 14.7. The van der Waals surface area contributed by atoms with E-state index >= 15 is 0 Å². The third-order valence-electron chi connectivity index (χ3n) is 5.56. The van der Waals surface area contributed by atoms with Gasteiger partial charge in [-0.3, -0.25) is 9.78 Å². The maximum absolute atomic E-state index is 14.7. The Hall–Kier alpha value is -3.59. The van der Waals surface area contributed by atoms with Gasteiger partial charge in [-0.2, -0.15) is 0 Å². The van der Waals surface area contributed by atoms with Crippen LogP contribution in [-0.2, 0) is 0 Å². The Morgan fingerprint density at radius 3 is 2.56 bits per heavy atom. The number of rotatable bonds is 6. The first-order valence-corrected chi connectivity index (χ1v) is 10.4. The zero-order valence-corrected chi connectivity index (χ0v) is 17.3. The van der Waals surface area contributed by atoms with E-state index in [1.165, 1.54) is 12.3 Å². The van der Waals surface area contributed by atoms with Gasteiger partial charge < -0.3 is 22.1 Å². The SMILES string of the molecule is NC(=O)c1cc(F)c(NC2CCCCC2N)nc1Nc1ccnc(-c2ccccc2F)c1. The van der Waals surface area contributed by atoms with Gasteiger partial charge in [-0.15, -0.1) is 0 Å². The van der Waals surface area contributed by atoms with Crippen LogP contribution in [0.1, 0.15) is 36.0 Å². The average Bonchev–Trinajstić information content (AvgIpc) is 2.77. The first-order valence-electron chi connectivity index (χ1n) is 10.4. The maximum Gasteiger partial charge on any atom is 0.252 e. The molecule has 2 aromatic heterocycles. The van der Waals surface area contributed by atoms with Gasteiger partial charge in [-0.05, 0) is 43.2 Å². The molecule has 0 spiro atoms. The highest BCUT2D eigenvalue weighted by molar-refractivity contribution is 5.98. The molecule has 4 rings (SSSR count). The summed E-state index contributed by atoms with van der Waals surface area (Å²) in [6, 6.07) is 10.3. The minimum atomic E-state index is -0.830. The number of hydrogen-bond acceptors (Lipinski definition) is 6. The zero-order valence-electron chi connectivity index (χ0n) is 17.3. The Labute approximate surface area is 184 Å². The van der Waals surface area contributed by atoms with E-state index in [0.29, 0.717) is 16.9 Å². The Kier molecular flexibility index (Phi) is 6.27. The lowest BCUT2D eigenvalue weighted by Gasteiger charge is -2.30. The monoisotopic (exact) mass is 438 g/mol. The molecule has 1 aromatic carbocycles. The molecule has 0 radical (unpaired) electrons. The predicted molar refractivity (Wildman–Crippen MR) is 119 cm³/mol. The molecule has 1 aliphatic rings. The zero-order chi connectivity index (χ0) is 22.7. The summed E-state index contributed by atoms with van der Waals surface area (Å²) in [5, 5.41) is 6.06. The van der Waals surface area contributed by atoms with Gasteiger partial charge in [0.05, 0.1) is 11.3 Å². The molecule has 166 valence electrons. The number of carbonyl (C=O) groups excluding carboxylic acids is 1. The van der Waals surface area contributed by atoms with Crippen molar-refractivity contribution in [2.24, 2.45) is 11.5 Å². The Morgan fingerprint density at radius 1 is 1.03 bits per heavy atom.